The van der Waals surface area contributed by atoms with Crippen molar-refractivity contribution in [3.63, 3.8) is 0 Å². The molecule has 1 heterocycles. The zero-order valence-corrected chi connectivity index (χ0v) is 14.0. The van der Waals surface area contributed by atoms with Gasteiger partial charge in [-0.2, -0.15) is 0 Å². The molecule has 1 saturated heterocycles. The molecule has 1 unspecified atom stereocenters. The van der Waals surface area contributed by atoms with Crippen molar-refractivity contribution in [1.29, 1.82) is 0 Å². The van der Waals surface area contributed by atoms with E-state index in [0.29, 0.717) is 6.54 Å². The Morgan fingerprint density at radius 1 is 1.32 bits per heavy atom. The first-order valence-corrected chi connectivity index (χ1v) is 9.47. The van der Waals surface area contributed by atoms with E-state index in [-0.39, 0.29) is 24.3 Å². The van der Waals surface area contributed by atoms with Crippen LogP contribution in [0.4, 0.5) is 0 Å². The lowest BCUT2D eigenvalue weighted by Gasteiger charge is -2.41. The second-order valence-electron chi connectivity index (χ2n) is 6.26. The van der Waals surface area contributed by atoms with E-state index in [1.807, 2.05) is 23.1 Å². The molecule has 1 aromatic carbocycles. The van der Waals surface area contributed by atoms with Crippen molar-refractivity contribution in [2.45, 2.75) is 31.6 Å². The SMILES string of the molecule is CC1(c2ccccc2)CCCN(C(=O)CCNS(C)(=O)=O)C1. The van der Waals surface area contributed by atoms with Crippen LogP contribution in [0.1, 0.15) is 31.7 Å². The van der Waals surface area contributed by atoms with Gasteiger partial charge in [-0.3, -0.25) is 4.79 Å². The first-order valence-electron chi connectivity index (χ1n) is 7.58. The molecule has 0 aromatic heterocycles. The fourth-order valence-corrected chi connectivity index (χ4v) is 3.50. The van der Waals surface area contributed by atoms with Crippen LogP contribution in [0.15, 0.2) is 30.3 Å². The Kier molecular flexibility index (Phi) is 5.24. The highest BCUT2D eigenvalue weighted by Gasteiger charge is 2.34. The van der Waals surface area contributed by atoms with Crippen LogP contribution in [0.25, 0.3) is 0 Å². The highest BCUT2D eigenvalue weighted by molar-refractivity contribution is 7.88. The van der Waals surface area contributed by atoms with E-state index in [1.54, 1.807) is 0 Å². The summed E-state index contributed by atoms with van der Waals surface area (Å²) in [6.45, 7) is 3.79. The standard InChI is InChI=1S/C16H24N2O3S/c1-16(14-7-4-3-5-8-14)10-6-12-18(13-16)15(19)9-11-17-22(2,20)21/h3-5,7-8,17H,6,9-13H2,1-2H3. The quantitative estimate of drug-likeness (QED) is 0.893. The summed E-state index contributed by atoms with van der Waals surface area (Å²) in [6, 6.07) is 10.3. The van der Waals surface area contributed by atoms with E-state index < -0.39 is 10.0 Å². The highest BCUT2D eigenvalue weighted by Crippen LogP contribution is 2.33. The van der Waals surface area contributed by atoms with Gasteiger partial charge in [-0.15, -0.1) is 0 Å². The molecule has 1 N–H and O–H groups in total. The van der Waals surface area contributed by atoms with E-state index in [1.165, 1.54) is 5.56 Å². The Morgan fingerprint density at radius 3 is 2.64 bits per heavy atom. The minimum atomic E-state index is -3.24. The summed E-state index contributed by atoms with van der Waals surface area (Å²) < 4.78 is 24.5. The van der Waals surface area contributed by atoms with Crippen LogP contribution in [0.3, 0.4) is 0 Å². The Bertz CT molecular complexity index is 616. The summed E-state index contributed by atoms with van der Waals surface area (Å²) >= 11 is 0. The second-order valence-corrected chi connectivity index (χ2v) is 8.10. The molecule has 122 valence electrons. The predicted octanol–water partition coefficient (Wildman–Crippen LogP) is 1.51. The summed E-state index contributed by atoms with van der Waals surface area (Å²) in [4.78, 5) is 14.2. The number of piperidine rings is 1. The number of hydrogen-bond donors (Lipinski definition) is 1. The van der Waals surface area contributed by atoms with Gasteiger partial charge in [0.05, 0.1) is 6.26 Å². The molecule has 1 atom stereocenters. The Hall–Kier alpha value is -1.40. The summed E-state index contributed by atoms with van der Waals surface area (Å²) in [6.07, 6.45) is 3.34. The number of nitrogens with one attached hydrogen (secondary N) is 1. The van der Waals surface area contributed by atoms with Crippen LogP contribution >= 0.6 is 0 Å². The van der Waals surface area contributed by atoms with Crippen molar-refractivity contribution >= 4 is 15.9 Å². The van der Waals surface area contributed by atoms with Crippen LogP contribution in [0.5, 0.6) is 0 Å². The summed E-state index contributed by atoms with van der Waals surface area (Å²) in [5.41, 5.74) is 1.22. The van der Waals surface area contributed by atoms with Crippen molar-refractivity contribution < 1.29 is 13.2 Å². The number of nitrogens with zero attached hydrogens (tertiary/aromatic N) is 1. The largest absolute Gasteiger partial charge is 0.342 e. The lowest BCUT2D eigenvalue weighted by atomic mass is 9.76. The smallest absolute Gasteiger partial charge is 0.223 e. The molecule has 6 heteroatoms. The molecule has 1 amide bonds. The molecule has 0 saturated carbocycles. The number of rotatable bonds is 5. The van der Waals surface area contributed by atoms with Gasteiger partial charge in [0.1, 0.15) is 0 Å². The summed E-state index contributed by atoms with van der Waals surface area (Å²) in [7, 11) is -3.24. The van der Waals surface area contributed by atoms with Gasteiger partial charge in [0.25, 0.3) is 0 Å². The van der Waals surface area contributed by atoms with Crippen molar-refractivity contribution in [2.75, 3.05) is 25.9 Å². The lowest BCUT2D eigenvalue weighted by Crippen LogP contribution is -2.47. The molecule has 22 heavy (non-hydrogen) atoms. The Balaban J connectivity index is 1.97. The minimum Gasteiger partial charge on any atom is -0.342 e. The van der Waals surface area contributed by atoms with Crippen LogP contribution in [-0.2, 0) is 20.2 Å². The number of carbonyl (C=O) groups excluding carboxylic acids is 1. The van der Waals surface area contributed by atoms with Gasteiger partial charge in [-0.1, -0.05) is 37.3 Å². The van der Waals surface area contributed by atoms with E-state index in [4.69, 9.17) is 0 Å². The zero-order chi connectivity index (χ0) is 16.2. The van der Waals surface area contributed by atoms with Gasteiger partial charge in [-0.05, 0) is 18.4 Å². The maximum absolute atomic E-state index is 12.3. The first kappa shape index (κ1) is 17.0. The third-order valence-electron chi connectivity index (χ3n) is 4.22. The van der Waals surface area contributed by atoms with Crippen LogP contribution < -0.4 is 4.72 Å². The second kappa shape index (κ2) is 6.79. The normalized spacial score (nSPS) is 22.5. The Morgan fingerprint density at radius 2 is 2.00 bits per heavy atom. The molecule has 0 bridgehead atoms. The van der Waals surface area contributed by atoms with Gasteiger partial charge in [0.15, 0.2) is 0 Å². The average Bonchev–Trinajstić information content (AvgIpc) is 2.47. The van der Waals surface area contributed by atoms with Crippen LogP contribution in [-0.4, -0.2) is 45.1 Å². The van der Waals surface area contributed by atoms with E-state index >= 15 is 0 Å². The third-order valence-corrected chi connectivity index (χ3v) is 4.95. The van der Waals surface area contributed by atoms with Crippen molar-refractivity contribution in [2.24, 2.45) is 0 Å². The maximum Gasteiger partial charge on any atom is 0.223 e. The zero-order valence-electron chi connectivity index (χ0n) is 13.2. The van der Waals surface area contributed by atoms with Crippen LogP contribution in [0, 0.1) is 0 Å². The molecule has 0 aliphatic carbocycles. The number of amides is 1. The number of carbonyl (C=O) groups is 1. The fraction of sp³-hybridized carbons (Fsp3) is 0.562. The van der Waals surface area contributed by atoms with E-state index in [0.717, 1.165) is 25.6 Å². The average molecular weight is 324 g/mol. The molecule has 0 radical (unpaired) electrons. The van der Waals surface area contributed by atoms with Crippen molar-refractivity contribution in [1.82, 2.24) is 9.62 Å². The highest BCUT2D eigenvalue weighted by atomic mass is 32.2. The molecule has 5 nitrogen and oxygen atoms in total. The first-order chi connectivity index (χ1) is 10.3. The summed E-state index contributed by atoms with van der Waals surface area (Å²) in [5, 5.41) is 0. The minimum absolute atomic E-state index is 0.0120. The van der Waals surface area contributed by atoms with E-state index in [2.05, 4.69) is 23.8 Å². The molecule has 0 spiro atoms. The molecule has 1 aliphatic heterocycles. The number of sulfonamides is 1. The predicted molar refractivity (Wildman–Crippen MR) is 87.1 cm³/mol. The van der Waals surface area contributed by atoms with Gasteiger partial charge >= 0.3 is 0 Å². The molecule has 1 aromatic rings. The van der Waals surface area contributed by atoms with Gasteiger partial charge in [0.2, 0.25) is 15.9 Å². The molecule has 1 aliphatic rings. The molecular weight excluding hydrogens is 300 g/mol. The number of likely N-dealkylation sites (tertiary alicyclic amines) is 1. The fourth-order valence-electron chi connectivity index (χ4n) is 3.03. The van der Waals surface area contributed by atoms with Gasteiger partial charge < -0.3 is 4.90 Å². The third kappa shape index (κ3) is 4.55. The van der Waals surface area contributed by atoms with Crippen molar-refractivity contribution in [3.05, 3.63) is 35.9 Å². The molecule has 1 fully saturated rings. The topological polar surface area (TPSA) is 66.5 Å². The summed E-state index contributed by atoms with van der Waals surface area (Å²) in [5.74, 6) is 0.0120. The van der Waals surface area contributed by atoms with Crippen LogP contribution in [0.2, 0.25) is 0 Å². The molecular formula is C16H24N2O3S. The van der Waals surface area contributed by atoms with Crippen molar-refractivity contribution in [3.8, 4) is 0 Å². The molecule has 2 rings (SSSR count). The maximum atomic E-state index is 12.3. The van der Waals surface area contributed by atoms with E-state index in [9.17, 15) is 13.2 Å². The van der Waals surface area contributed by atoms with Gasteiger partial charge in [-0.25, -0.2) is 13.1 Å². The Labute approximate surface area is 132 Å². The lowest BCUT2D eigenvalue weighted by molar-refractivity contribution is -0.133. The van der Waals surface area contributed by atoms with Gasteiger partial charge in [0, 0.05) is 31.5 Å². The number of hydrogen-bond acceptors (Lipinski definition) is 3. The number of benzene rings is 1. The monoisotopic (exact) mass is 324 g/mol.